The molecule has 0 saturated carbocycles. The topological polar surface area (TPSA) is 12.0 Å². The normalized spacial score (nSPS) is 10.1. The van der Waals surface area contributed by atoms with E-state index in [0.717, 1.165) is 21.6 Å². The van der Waals surface area contributed by atoms with Crippen molar-refractivity contribution in [1.82, 2.24) is 5.32 Å². The summed E-state index contributed by atoms with van der Waals surface area (Å²) in [6.45, 7) is 2.85. The molecule has 0 amide bonds. The Bertz CT molecular complexity index is 531. The molecule has 0 unspecified atom stereocenters. The van der Waals surface area contributed by atoms with Gasteiger partial charge < -0.3 is 5.32 Å². The number of hydrogen-bond donors (Lipinski definition) is 1. The molecule has 0 spiro atoms. The van der Waals surface area contributed by atoms with Gasteiger partial charge in [-0.1, -0.05) is 70.1 Å². The molecule has 2 aromatic rings. The van der Waals surface area contributed by atoms with Crippen molar-refractivity contribution in [3.63, 3.8) is 0 Å². The number of benzene rings is 2. The monoisotopic (exact) mass is 319 g/mol. The van der Waals surface area contributed by atoms with Crippen molar-refractivity contribution >= 4 is 33.1 Å². The summed E-state index contributed by atoms with van der Waals surface area (Å²) >= 11 is 8.78. The first kappa shape index (κ1) is 13.2. The fraction of sp³-hybridized carbons (Fsp3) is 0.133. The molecule has 1 nitrogen and oxygen atoms in total. The summed E-state index contributed by atoms with van der Waals surface area (Å²) in [5.74, 6) is 0. The number of aryl methyl sites for hydroxylation is 1. The lowest BCUT2D eigenvalue weighted by molar-refractivity contribution is 0.928. The van der Waals surface area contributed by atoms with Gasteiger partial charge in [-0.2, -0.15) is 0 Å². The van der Waals surface area contributed by atoms with Crippen LogP contribution in [-0.4, -0.2) is 4.99 Å². The molecule has 0 aliphatic heterocycles. The second kappa shape index (κ2) is 6.12. The van der Waals surface area contributed by atoms with Gasteiger partial charge in [0.2, 0.25) is 0 Å². The van der Waals surface area contributed by atoms with Crippen LogP contribution in [0.2, 0.25) is 0 Å². The minimum Gasteiger partial charge on any atom is -0.372 e. The molecular formula is C15H14BrNS. The number of rotatable bonds is 3. The second-order valence-corrected chi connectivity index (χ2v) is 5.50. The highest BCUT2D eigenvalue weighted by Crippen LogP contribution is 2.11. The van der Waals surface area contributed by atoms with Gasteiger partial charge in [-0.15, -0.1) is 0 Å². The maximum Gasteiger partial charge on any atom is 0.106 e. The third kappa shape index (κ3) is 3.65. The van der Waals surface area contributed by atoms with Crippen LogP contribution in [0.5, 0.6) is 0 Å². The van der Waals surface area contributed by atoms with E-state index in [2.05, 4.69) is 52.4 Å². The van der Waals surface area contributed by atoms with Crippen LogP contribution in [0.25, 0.3) is 0 Å². The van der Waals surface area contributed by atoms with Crippen LogP contribution in [0.15, 0.2) is 53.0 Å². The molecule has 0 aliphatic carbocycles. The molecule has 2 aromatic carbocycles. The van der Waals surface area contributed by atoms with Crippen LogP contribution in [0.4, 0.5) is 0 Å². The van der Waals surface area contributed by atoms with Gasteiger partial charge in [-0.25, -0.2) is 0 Å². The Balaban J connectivity index is 1.96. The van der Waals surface area contributed by atoms with E-state index in [4.69, 9.17) is 12.2 Å². The first-order valence-electron chi connectivity index (χ1n) is 5.74. The van der Waals surface area contributed by atoms with Crippen LogP contribution in [0.1, 0.15) is 16.7 Å². The Morgan fingerprint density at radius 3 is 2.28 bits per heavy atom. The SMILES string of the molecule is Cc1ccc(CNC(=S)c2ccc(Br)cc2)cc1. The molecule has 0 radical (unpaired) electrons. The Morgan fingerprint density at radius 2 is 1.67 bits per heavy atom. The number of halogens is 1. The van der Waals surface area contributed by atoms with Crippen LogP contribution < -0.4 is 5.32 Å². The molecule has 3 heteroatoms. The van der Waals surface area contributed by atoms with Crippen molar-refractivity contribution in [2.45, 2.75) is 13.5 Å². The van der Waals surface area contributed by atoms with E-state index in [-0.39, 0.29) is 0 Å². The zero-order valence-electron chi connectivity index (χ0n) is 10.1. The molecule has 0 saturated heterocycles. The molecule has 18 heavy (non-hydrogen) atoms. The lowest BCUT2D eigenvalue weighted by Gasteiger charge is -2.08. The first-order chi connectivity index (χ1) is 8.65. The van der Waals surface area contributed by atoms with Crippen LogP contribution in [0.3, 0.4) is 0 Å². The molecule has 1 N–H and O–H groups in total. The zero-order valence-corrected chi connectivity index (χ0v) is 12.5. The van der Waals surface area contributed by atoms with Gasteiger partial charge >= 0.3 is 0 Å². The largest absolute Gasteiger partial charge is 0.372 e. The Morgan fingerprint density at radius 1 is 1.06 bits per heavy atom. The molecule has 0 heterocycles. The third-order valence-electron chi connectivity index (χ3n) is 2.68. The highest BCUT2D eigenvalue weighted by molar-refractivity contribution is 9.10. The van der Waals surface area contributed by atoms with E-state index >= 15 is 0 Å². The average molecular weight is 320 g/mol. The van der Waals surface area contributed by atoms with Crippen molar-refractivity contribution in [3.05, 3.63) is 69.7 Å². The third-order valence-corrected chi connectivity index (χ3v) is 3.59. The van der Waals surface area contributed by atoms with Gasteiger partial charge in [0.1, 0.15) is 4.99 Å². The van der Waals surface area contributed by atoms with E-state index in [0.29, 0.717) is 0 Å². The van der Waals surface area contributed by atoms with Crippen LogP contribution in [-0.2, 0) is 6.54 Å². The molecular weight excluding hydrogens is 306 g/mol. The van der Waals surface area contributed by atoms with Gasteiger partial charge in [0.05, 0.1) is 0 Å². The van der Waals surface area contributed by atoms with E-state index in [9.17, 15) is 0 Å². The van der Waals surface area contributed by atoms with Crippen molar-refractivity contribution in [2.75, 3.05) is 0 Å². The maximum absolute atomic E-state index is 5.36. The smallest absolute Gasteiger partial charge is 0.106 e. The van der Waals surface area contributed by atoms with E-state index in [1.54, 1.807) is 0 Å². The summed E-state index contributed by atoms with van der Waals surface area (Å²) in [6.07, 6.45) is 0. The zero-order chi connectivity index (χ0) is 13.0. The van der Waals surface area contributed by atoms with Gasteiger partial charge in [-0.05, 0) is 24.6 Å². The van der Waals surface area contributed by atoms with Gasteiger partial charge in [0.15, 0.2) is 0 Å². The molecule has 2 rings (SSSR count). The summed E-state index contributed by atoms with van der Waals surface area (Å²) in [6, 6.07) is 16.5. The van der Waals surface area contributed by atoms with Crippen molar-refractivity contribution in [1.29, 1.82) is 0 Å². The molecule has 0 atom stereocenters. The lowest BCUT2D eigenvalue weighted by Crippen LogP contribution is -2.21. The Hall–Kier alpha value is -1.19. The van der Waals surface area contributed by atoms with Gasteiger partial charge in [0, 0.05) is 16.6 Å². The maximum atomic E-state index is 5.36. The number of thiocarbonyl (C=S) groups is 1. The molecule has 92 valence electrons. The summed E-state index contributed by atoms with van der Waals surface area (Å²) < 4.78 is 1.06. The Labute approximate surface area is 121 Å². The van der Waals surface area contributed by atoms with E-state index in [1.165, 1.54) is 11.1 Å². The molecule has 0 aliphatic rings. The number of nitrogens with one attached hydrogen (secondary N) is 1. The van der Waals surface area contributed by atoms with E-state index < -0.39 is 0 Å². The summed E-state index contributed by atoms with van der Waals surface area (Å²) in [7, 11) is 0. The highest BCUT2D eigenvalue weighted by atomic mass is 79.9. The summed E-state index contributed by atoms with van der Waals surface area (Å²) in [5, 5.41) is 3.27. The van der Waals surface area contributed by atoms with Crippen LogP contribution in [0, 0.1) is 6.92 Å². The van der Waals surface area contributed by atoms with Gasteiger partial charge in [0.25, 0.3) is 0 Å². The predicted octanol–water partition coefficient (Wildman–Crippen LogP) is 4.22. The standard InChI is InChI=1S/C15H14BrNS/c1-11-2-4-12(5-3-11)10-17-15(18)13-6-8-14(16)9-7-13/h2-9H,10H2,1H3,(H,17,18). The fourth-order valence-corrected chi connectivity index (χ4v) is 2.06. The minimum absolute atomic E-state index is 0.759. The first-order valence-corrected chi connectivity index (χ1v) is 6.94. The predicted molar refractivity (Wildman–Crippen MR) is 83.9 cm³/mol. The highest BCUT2D eigenvalue weighted by Gasteiger charge is 2.00. The summed E-state index contributed by atoms with van der Waals surface area (Å²) in [4.78, 5) is 0.781. The van der Waals surface area contributed by atoms with Crippen LogP contribution >= 0.6 is 28.1 Å². The van der Waals surface area contributed by atoms with Gasteiger partial charge in [-0.3, -0.25) is 0 Å². The summed E-state index contributed by atoms with van der Waals surface area (Å²) in [5.41, 5.74) is 3.55. The average Bonchev–Trinajstić information content (AvgIpc) is 2.38. The second-order valence-electron chi connectivity index (χ2n) is 4.18. The number of hydrogen-bond acceptors (Lipinski definition) is 1. The molecule has 0 aromatic heterocycles. The molecule has 0 fully saturated rings. The fourth-order valence-electron chi connectivity index (χ4n) is 1.59. The minimum atomic E-state index is 0.759. The quantitative estimate of drug-likeness (QED) is 0.850. The molecule has 0 bridgehead atoms. The van der Waals surface area contributed by atoms with Crippen molar-refractivity contribution in [3.8, 4) is 0 Å². The van der Waals surface area contributed by atoms with Crippen molar-refractivity contribution in [2.24, 2.45) is 0 Å². The Kier molecular flexibility index (Phi) is 4.50. The van der Waals surface area contributed by atoms with Crippen molar-refractivity contribution < 1.29 is 0 Å². The van der Waals surface area contributed by atoms with E-state index in [1.807, 2.05) is 24.3 Å². The lowest BCUT2D eigenvalue weighted by atomic mass is 10.1.